The molecule has 4 amide bonds. The molecular formula is C40H53N7O8S2. The molecule has 2 aromatic carbocycles. The van der Waals surface area contributed by atoms with Gasteiger partial charge in [-0.15, -0.1) is 11.3 Å². The van der Waals surface area contributed by atoms with Crippen LogP contribution >= 0.6 is 11.3 Å². The molecule has 2 fully saturated rings. The zero-order valence-electron chi connectivity index (χ0n) is 32.7. The summed E-state index contributed by atoms with van der Waals surface area (Å²) in [4.78, 5) is 64.5. The van der Waals surface area contributed by atoms with Gasteiger partial charge < -0.3 is 25.9 Å². The number of amides is 4. The fourth-order valence-corrected chi connectivity index (χ4v) is 9.34. The van der Waals surface area contributed by atoms with Crippen LogP contribution < -0.4 is 11.1 Å². The number of aliphatic hydroxyl groups is 1. The average Bonchev–Trinajstić information content (AvgIpc) is 3.93. The zero-order chi connectivity index (χ0) is 41.1. The highest BCUT2D eigenvalue weighted by molar-refractivity contribution is 7.89. The van der Waals surface area contributed by atoms with Crippen LogP contribution in [-0.4, -0.2) is 107 Å². The molecule has 17 heteroatoms. The number of thiazole rings is 1. The van der Waals surface area contributed by atoms with E-state index in [2.05, 4.69) is 15.5 Å². The third-order valence-electron chi connectivity index (χ3n) is 10.5. The molecule has 1 aliphatic heterocycles. The van der Waals surface area contributed by atoms with Crippen LogP contribution in [0.4, 0.5) is 4.79 Å². The van der Waals surface area contributed by atoms with E-state index in [9.17, 15) is 32.7 Å². The Bertz CT molecular complexity index is 1970. The zero-order valence-corrected chi connectivity index (χ0v) is 34.3. The van der Waals surface area contributed by atoms with Gasteiger partial charge in [0.25, 0.3) is 5.91 Å². The first-order valence-corrected chi connectivity index (χ1v) is 21.7. The molecule has 0 spiro atoms. The fraction of sp³-hybridized carbons (Fsp3) is 0.500. The molecule has 308 valence electrons. The maximum atomic E-state index is 14.4. The number of nitrogens with zero attached hydrogens (tertiary/aromatic N) is 5. The Kier molecular flexibility index (Phi) is 15.5. The topological polar surface area (TPSA) is 205 Å². The van der Waals surface area contributed by atoms with Crippen LogP contribution in [0.3, 0.4) is 0 Å². The van der Waals surface area contributed by atoms with Crippen molar-refractivity contribution in [3.63, 3.8) is 0 Å². The molecule has 1 aliphatic carbocycles. The monoisotopic (exact) mass is 823 g/mol. The highest BCUT2D eigenvalue weighted by Gasteiger charge is 2.45. The summed E-state index contributed by atoms with van der Waals surface area (Å²) >= 11 is 1.41. The van der Waals surface area contributed by atoms with Gasteiger partial charge in [0, 0.05) is 25.0 Å². The molecule has 4 atom stereocenters. The molecule has 1 saturated heterocycles. The predicted molar refractivity (Wildman–Crippen MR) is 215 cm³/mol. The van der Waals surface area contributed by atoms with Crippen LogP contribution in [0, 0.1) is 18.8 Å². The van der Waals surface area contributed by atoms with Crippen LogP contribution in [0.5, 0.6) is 0 Å². The second kappa shape index (κ2) is 20.2. The van der Waals surface area contributed by atoms with Crippen molar-refractivity contribution in [1.82, 2.24) is 24.4 Å². The number of carbonyl (C=O) groups is 4. The summed E-state index contributed by atoms with van der Waals surface area (Å²) in [6, 6.07) is 12.6. The summed E-state index contributed by atoms with van der Waals surface area (Å²) in [6.45, 7) is 5.26. The summed E-state index contributed by atoms with van der Waals surface area (Å²) in [5.41, 5.74) is 7.24. The van der Waals surface area contributed by atoms with E-state index in [0.717, 1.165) is 41.2 Å². The molecule has 3 aromatic rings. The van der Waals surface area contributed by atoms with Crippen molar-refractivity contribution in [3.8, 4) is 0 Å². The first-order valence-electron chi connectivity index (χ1n) is 19.4. The lowest BCUT2D eigenvalue weighted by atomic mass is 9.95. The molecule has 2 aliphatic rings. The van der Waals surface area contributed by atoms with E-state index in [4.69, 9.17) is 10.6 Å². The number of hydrogen-bond donors (Lipinski definition) is 3. The second-order valence-electron chi connectivity index (χ2n) is 14.7. The van der Waals surface area contributed by atoms with Crippen LogP contribution in [0.25, 0.3) is 0 Å². The lowest BCUT2D eigenvalue weighted by Gasteiger charge is -2.34. The van der Waals surface area contributed by atoms with Crippen molar-refractivity contribution < 1.29 is 37.5 Å². The molecule has 1 unspecified atom stereocenters. The summed E-state index contributed by atoms with van der Waals surface area (Å²) in [6.07, 6.45) is 4.29. The minimum absolute atomic E-state index is 0.0000299. The standard InChI is InChI=1S/C40H53N7O8S2/c1-4-27(2)38(47-25-36(49)46(40(47)52)23-32-26-56-28(3)43-32)39(51)44-34(20-29-10-6-5-7-11-29)35(48)24-45(22-31-12-8-9-13-31)57(53,54)33-16-14-30(15-17-33)21-42-55-37(50)18-19-41/h5-7,10-11,14-17,21,26-27,31,34-35,38,48H,4,8-9,12-13,18-20,22-25,41H2,1-3H3,(H,44,51)/t27?,34-,35-,38-/m0/s1. The number of nitrogens with one attached hydrogen (secondary N) is 1. The number of carbonyl (C=O) groups excluding carboxylic acids is 4. The maximum Gasteiger partial charge on any atom is 0.336 e. The summed E-state index contributed by atoms with van der Waals surface area (Å²) in [5.74, 6) is -1.84. The summed E-state index contributed by atoms with van der Waals surface area (Å²) in [7, 11) is -4.15. The molecule has 5 rings (SSSR count). The predicted octanol–water partition coefficient (Wildman–Crippen LogP) is 3.83. The molecule has 0 radical (unpaired) electrons. The number of nitrogens with two attached hydrogens (primary N) is 1. The van der Waals surface area contributed by atoms with E-state index in [1.165, 1.54) is 51.0 Å². The number of rotatable bonds is 20. The minimum atomic E-state index is -4.15. The van der Waals surface area contributed by atoms with Crippen molar-refractivity contribution in [2.75, 3.05) is 26.2 Å². The van der Waals surface area contributed by atoms with Gasteiger partial charge >= 0.3 is 12.0 Å². The van der Waals surface area contributed by atoms with Crippen molar-refractivity contribution in [1.29, 1.82) is 0 Å². The number of aromatic nitrogens is 1. The molecule has 2 heterocycles. The molecule has 0 bridgehead atoms. The maximum absolute atomic E-state index is 14.4. The van der Waals surface area contributed by atoms with Gasteiger partial charge in [-0.25, -0.2) is 23.0 Å². The Morgan fingerprint density at radius 3 is 2.47 bits per heavy atom. The van der Waals surface area contributed by atoms with Gasteiger partial charge in [-0.3, -0.25) is 14.5 Å². The molecule has 4 N–H and O–H groups in total. The smallest absolute Gasteiger partial charge is 0.336 e. The first-order chi connectivity index (χ1) is 27.3. The number of urea groups is 1. The van der Waals surface area contributed by atoms with E-state index in [1.807, 2.05) is 51.1 Å². The van der Waals surface area contributed by atoms with Gasteiger partial charge in [-0.1, -0.05) is 80.7 Å². The number of oxime groups is 1. The highest BCUT2D eigenvalue weighted by Crippen LogP contribution is 2.29. The summed E-state index contributed by atoms with van der Waals surface area (Å²) in [5, 5.41) is 21.2. The van der Waals surface area contributed by atoms with Gasteiger partial charge in [0.2, 0.25) is 15.9 Å². The molecule has 15 nitrogen and oxygen atoms in total. The number of aliphatic hydroxyl groups excluding tert-OH is 1. The largest absolute Gasteiger partial charge is 0.390 e. The Labute approximate surface area is 338 Å². The van der Waals surface area contributed by atoms with Crippen LogP contribution in [-0.2, 0) is 42.2 Å². The van der Waals surface area contributed by atoms with Crippen molar-refractivity contribution >= 4 is 51.4 Å². The van der Waals surface area contributed by atoms with E-state index in [1.54, 1.807) is 5.38 Å². The van der Waals surface area contributed by atoms with Gasteiger partial charge in [0.1, 0.15) is 12.6 Å². The van der Waals surface area contributed by atoms with Gasteiger partial charge in [0.15, 0.2) is 0 Å². The lowest BCUT2D eigenvalue weighted by Crippen LogP contribution is -2.57. The van der Waals surface area contributed by atoms with E-state index in [0.29, 0.717) is 17.7 Å². The van der Waals surface area contributed by atoms with E-state index >= 15 is 0 Å². The van der Waals surface area contributed by atoms with Gasteiger partial charge in [0.05, 0.1) is 46.9 Å². The number of sulfonamides is 1. The van der Waals surface area contributed by atoms with Crippen molar-refractivity contribution in [2.45, 2.75) is 95.3 Å². The van der Waals surface area contributed by atoms with Crippen LogP contribution in [0.2, 0.25) is 0 Å². The molecule has 1 aromatic heterocycles. The normalized spacial score (nSPS) is 17.4. The first kappa shape index (κ1) is 43.6. The Morgan fingerprint density at radius 1 is 1.14 bits per heavy atom. The Balaban J connectivity index is 1.38. The Morgan fingerprint density at radius 2 is 1.84 bits per heavy atom. The Hall–Kier alpha value is -4.55. The van der Waals surface area contributed by atoms with Crippen molar-refractivity contribution in [2.24, 2.45) is 22.7 Å². The number of aryl methyl sites for hydroxylation is 1. The van der Waals surface area contributed by atoms with Crippen LogP contribution in [0.15, 0.2) is 70.0 Å². The highest BCUT2D eigenvalue weighted by atomic mass is 32.2. The average molecular weight is 824 g/mol. The van der Waals surface area contributed by atoms with Crippen LogP contribution in [0.1, 0.15) is 74.2 Å². The summed E-state index contributed by atoms with van der Waals surface area (Å²) < 4.78 is 29.9. The number of benzene rings is 2. The third kappa shape index (κ3) is 11.5. The van der Waals surface area contributed by atoms with E-state index in [-0.39, 0.29) is 62.3 Å². The van der Waals surface area contributed by atoms with E-state index < -0.39 is 52.0 Å². The third-order valence-corrected chi connectivity index (χ3v) is 13.2. The molecular weight excluding hydrogens is 771 g/mol. The number of imide groups is 1. The molecule has 57 heavy (non-hydrogen) atoms. The fourth-order valence-electron chi connectivity index (χ4n) is 7.20. The SMILES string of the molecule is CCC(C)[C@@H](C(=O)N[C@@H](Cc1ccccc1)[C@@H](O)CN(CC1CCCC1)S(=O)(=O)c1ccc(C=NOC(=O)CCN)cc1)N1CC(=O)N(Cc2csc(C)n2)C1=O. The van der Waals surface area contributed by atoms with Crippen molar-refractivity contribution in [3.05, 3.63) is 81.8 Å². The minimum Gasteiger partial charge on any atom is -0.390 e. The van der Waals surface area contributed by atoms with Gasteiger partial charge in [-0.2, -0.15) is 4.31 Å². The molecule has 1 saturated carbocycles. The number of hydrogen-bond acceptors (Lipinski definition) is 12. The quantitative estimate of drug-likeness (QED) is 0.0650. The lowest BCUT2D eigenvalue weighted by molar-refractivity contribution is -0.143. The second-order valence-corrected chi connectivity index (χ2v) is 17.7. The van der Waals surface area contributed by atoms with Gasteiger partial charge in [-0.05, 0) is 61.3 Å².